The number of benzene rings is 2. The van der Waals surface area contributed by atoms with Crippen molar-refractivity contribution in [3.8, 4) is 11.5 Å². The van der Waals surface area contributed by atoms with Crippen LogP contribution in [0.15, 0.2) is 42.5 Å². The summed E-state index contributed by atoms with van der Waals surface area (Å²) in [6, 6.07) is 11.2. The summed E-state index contributed by atoms with van der Waals surface area (Å²) in [4.78, 5) is 12.3. The van der Waals surface area contributed by atoms with Crippen molar-refractivity contribution in [2.75, 3.05) is 14.2 Å². The lowest BCUT2D eigenvalue weighted by Crippen LogP contribution is -2.39. The lowest BCUT2D eigenvalue weighted by Gasteiger charge is -2.23. The van der Waals surface area contributed by atoms with Crippen LogP contribution in [0.3, 0.4) is 0 Å². The van der Waals surface area contributed by atoms with Gasteiger partial charge in [0.25, 0.3) is 0 Å². The number of amides is 2. The first-order chi connectivity index (χ1) is 12.4. The number of methoxy groups -OCH3 is 2. The predicted molar refractivity (Wildman–Crippen MR) is 98.9 cm³/mol. The molecule has 1 atom stereocenters. The van der Waals surface area contributed by atoms with Gasteiger partial charge < -0.3 is 20.1 Å². The largest absolute Gasteiger partial charge is 0.493 e. The van der Waals surface area contributed by atoms with Crippen molar-refractivity contribution in [3.05, 3.63) is 59.4 Å². The molecule has 140 valence electrons. The molecular weight excluding hydrogens is 335 g/mol. The minimum atomic E-state index is -0.297. The number of ether oxygens (including phenoxy) is 2. The zero-order valence-electron chi connectivity index (χ0n) is 15.5. The fourth-order valence-corrected chi connectivity index (χ4v) is 2.67. The molecule has 0 aliphatic heterocycles. The van der Waals surface area contributed by atoms with E-state index in [1.54, 1.807) is 32.4 Å². The number of nitrogens with one attached hydrogen (secondary N) is 2. The molecule has 0 radical (unpaired) electrons. The second-order valence-corrected chi connectivity index (χ2v) is 6.29. The quantitative estimate of drug-likeness (QED) is 0.783. The topological polar surface area (TPSA) is 59.6 Å². The second-order valence-electron chi connectivity index (χ2n) is 6.29. The van der Waals surface area contributed by atoms with Gasteiger partial charge in [0, 0.05) is 6.54 Å². The van der Waals surface area contributed by atoms with E-state index in [2.05, 4.69) is 10.6 Å². The van der Waals surface area contributed by atoms with Crippen LogP contribution in [0.25, 0.3) is 0 Å². The third kappa shape index (κ3) is 5.12. The van der Waals surface area contributed by atoms with E-state index in [9.17, 15) is 9.18 Å². The van der Waals surface area contributed by atoms with Gasteiger partial charge in [0.1, 0.15) is 5.82 Å². The standard InChI is InChI=1S/C20H25FN2O3/c1-13(2)19(15-6-8-16(21)9-7-15)23-20(24)22-12-14-5-10-17(25-3)18(11-14)26-4/h5-11,13,19H,12H2,1-4H3,(H2,22,23,24)/t19-/m0/s1. The van der Waals surface area contributed by atoms with Crippen molar-refractivity contribution in [1.82, 2.24) is 10.6 Å². The molecule has 0 fully saturated rings. The highest BCUT2D eigenvalue weighted by atomic mass is 19.1. The Hall–Kier alpha value is -2.76. The van der Waals surface area contributed by atoms with Gasteiger partial charge in [-0.2, -0.15) is 0 Å². The van der Waals surface area contributed by atoms with Crippen molar-refractivity contribution in [2.24, 2.45) is 5.92 Å². The molecule has 2 aromatic rings. The number of hydrogen-bond donors (Lipinski definition) is 2. The van der Waals surface area contributed by atoms with E-state index < -0.39 is 0 Å². The Bertz CT molecular complexity index is 732. The zero-order chi connectivity index (χ0) is 19.1. The fourth-order valence-electron chi connectivity index (χ4n) is 2.67. The van der Waals surface area contributed by atoms with Crippen LogP contribution in [-0.4, -0.2) is 20.3 Å². The average molecular weight is 360 g/mol. The highest BCUT2D eigenvalue weighted by Gasteiger charge is 2.18. The van der Waals surface area contributed by atoms with E-state index in [4.69, 9.17) is 9.47 Å². The molecule has 2 amide bonds. The number of carbonyl (C=O) groups excluding carboxylic acids is 1. The van der Waals surface area contributed by atoms with Crippen LogP contribution in [0.2, 0.25) is 0 Å². The monoisotopic (exact) mass is 360 g/mol. The van der Waals surface area contributed by atoms with Crippen molar-refractivity contribution in [3.63, 3.8) is 0 Å². The van der Waals surface area contributed by atoms with Crippen molar-refractivity contribution >= 4 is 6.03 Å². The molecule has 0 unspecified atom stereocenters. The smallest absolute Gasteiger partial charge is 0.315 e. The first-order valence-electron chi connectivity index (χ1n) is 8.45. The first-order valence-corrected chi connectivity index (χ1v) is 8.45. The molecule has 0 heterocycles. The molecule has 0 spiro atoms. The predicted octanol–water partition coefficient (Wildman–Crippen LogP) is 4.04. The summed E-state index contributed by atoms with van der Waals surface area (Å²) in [5, 5.41) is 5.78. The molecule has 2 aromatic carbocycles. The molecule has 2 N–H and O–H groups in total. The zero-order valence-corrected chi connectivity index (χ0v) is 15.5. The Morgan fingerprint density at radius 3 is 2.27 bits per heavy atom. The van der Waals surface area contributed by atoms with Crippen LogP contribution in [-0.2, 0) is 6.54 Å². The number of rotatable bonds is 7. The Labute approximate surface area is 153 Å². The number of halogens is 1. The minimum absolute atomic E-state index is 0.160. The van der Waals surface area contributed by atoms with E-state index in [0.29, 0.717) is 18.0 Å². The molecule has 26 heavy (non-hydrogen) atoms. The van der Waals surface area contributed by atoms with Crippen LogP contribution < -0.4 is 20.1 Å². The molecule has 0 aliphatic carbocycles. The highest BCUT2D eigenvalue weighted by Crippen LogP contribution is 2.27. The lowest BCUT2D eigenvalue weighted by molar-refractivity contribution is 0.232. The van der Waals surface area contributed by atoms with Crippen molar-refractivity contribution in [2.45, 2.75) is 26.4 Å². The van der Waals surface area contributed by atoms with Gasteiger partial charge in [0.15, 0.2) is 11.5 Å². The van der Waals surface area contributed by atoms with Gasteiger partial charge in [-0.3, -0.25) is 0 Å². The molecule has 0 saturated carbocycles. The van der Waals surface area contributed by atoms with E-state index >= 15 is 0 Å². The average Bonchev–Trinajstić information content (AvgIpc) is 2.64. The van der Waals surface area contributed by atoms with E-state index in [-0.39, 0.29) is 23.8 Å². The van der Waals surface area contributed by atoms with Crippen molar-refractivity contribution in [1.29, 1.82) is 0 Å². The maximum Gasteiger partial charge on any atom is 0.315 e. The summed E-state index contributed by atoms with van der Waals surface area (Å²) in [6.07, 6.45) is 0. The molecular formula is C20H25FN2O3. The van der Waals surface area contributed by atoms with Gasteiger partial charge in [-0.05, 0) is 41.3 Å². The third-order valence-electron chi connectivity index (χ3n) is 4.08. The van der Waals surface area contributed by atoms with Gasteiger partial charge in [-0.1, -0.05) is 32.0 Å². The lowest BCUT2D eigenvalue weighted by atomic mass is 9.96. The molecule has 0 saturated heterocycles. The van der Waals surface area contributed by atoms with E-state index in [1.807, 2.05) is 26.0 Å². The molecule has 0 aromatic heterocycles. The van der Waals surface area contributed by atoms with Crippen molar-refractivity contribution < 1.29 is 18.7 Å². The number of carbonyl (C=O) groups is 1. The second kappa shape index (κ2) is 9.08. The summed E-state index contributed by atoms with van der Waals surface area (Å²) in [5.41, 5.74) is 1.75. The summed E-state index contributed by atoms with van der Waals surface area (Å²) >= 11 is 0. The van der Waals surface area contributed by atoms with Crippen LogP contribution in [0.4, 0.5) is 9.18 Å². The van der Waals surface area contributed by atoms with E-state index in [1.165, 1.54) is 12.1 Å². The Kier molecular flexibility index (Phi) is 6.83. The molecule has 5 nitrogen and oxygen atoms in total. The molecule has 0 aliphatic rings. The Morgan fingerprint density at radius 2 is 1.69 bits per heavy atom. The molecule has 2 rings (SSSR count). The summed E-state index contributed by atoms with van der Waals surface area (Å²) in [7, 11) is 3.14. The summed E-state index contributed by atoms with van der Waals surface area (Å²) in [5.74, 6) is 1.11. The van der Waals surface area contributed by atoms with E-state index in [0.717, 1.165) is 11.1 Å². The van der Waals surface area contributed by atoms with Crippen LogP contribution in [0, 0.1) is 11.7 Å². The molecule has 6 heteroatoms. The minimum Gasteiger partial charge on any atom is -0.493 e. The van der Waals surface area contributed by atoms with Crippen LogP contribution >= 0.6 is 0 Å². The fraction of sp³-hybridized carbons (Fsp3) is 0.350. The Morgan fingerprint density at radius 1 is 1.04 bits per heavy atom. The van der Waals surface area contributed by atoms with Gasteiger partial charge in [-0.25, -0.2) is 9.18 Å². The van der Waals surface area contributed by atoms with Crippen LogP contribution in [0.5, 0.6) is 11.5 Å². The Balaban J connectivity index is 1.99. The maximum absolute atomic E-state index is 13.1. The number of hydrogen-bond acceptors (Lipinski definition) is 3. The first kappa shape index (κ1) is 19.6. The van der Waals surface area contributed by atoms with Gasteiger partial charge in [0.2, 0.25) is 0 Å². The van der Waals surface area contributed by atoms with Gasteiger partial charge in [-0.15, -0.1) is 0 Å². The van der Waals surface area contributed by atoms with Gasteiger partial charge in [0.05, 0.1) is 20.3 Å². The maximum atomic E-state index is 13.1. The number of urea groups is 1. The SMILES string of the molecule is COc1ccc(CNC(=O)N[C@H](c2ccc(F)cc2)C(C)C)cc1OC. The molecule has 0 bridgehead atoms. The normalized spacial score (nSPS) is 11.8. The highest BCUT2D eigenvalue weighted by molar-refractivity contribution is 5.74. The summed E-state index contributed by atoms with van der Waals surface area (Å²) in [6.45, 7) is 4.35. The van der Waals surface area contributed by atoms with Crippen LogP contribution in [0.1, 0.15) is 31.0 Å². The summed E-state index contributed by atoms with van der Waals surface area (Å²) < 4.78 is 23.6. The third-order valence-corrected chi connectivity index (χ3v) is 4.08. The van der Waals surface area contributed by atoms with Gasteiger partial charge >= 0.3 is 6.03 Å².